The van der Waals surface area contributed by atoms with Crippen LogP contribution in [0.25, 0.3) is 0 Å². The zero-order valence-electron chi connectivity index (χ0n) is 13.1. The molecule has 0 bridgehead atoms. The van der Waals surface area contributed by atoms with E-state index in [0.717, 1.165) is 19.5 Å². The van der Waals surface area contributed by atoms with E-state index in [-0.39, 0.29) is 5.54 Å². The average Bonchev–Trinajstić information content (AvgIpc) is 2.41. The number of nitrogens with two attached hydrogens (primary N) is 1. The molecule has 19 heavy (non-hydrogen) atoms. The van der Waals surface area contributed by atoms with E-state index in [1.54, 1.807) is 0 Å². The van der Waals surface area contributed by atoms with Crippen molar-refractivity contribution in [3.63, 3.8) is 0 Å². The molecule has 1 aromatic carbocycles. The molecule has 0 amide bonds. The van der Waals surface area contributed by atoms with E-state index in [1.165, 1.54) is 24.0 Å². The van der Waals surface area contributed by atoms with Crippen molar-refractivity contribution in [2.75, 3.05) is 19.6 Å². The van der Waals surface area contributed by atoms with Crippen LogP contribution in [0.15, 0.2) is 24.3 Å². The molecule has 0 spiro atoms. The van der Waals surface area contributed by atoms with Gasteiger partial charge in [0.15, 0.2) is 0 Å². The molecule has 2 N–H and O–H groups in total. The van der Waals surface area contributed by atoms with Crippen LogP contribution < -0.4 is 5.73 Å². The Hall–Kier alpha value is -0.860. The Bertz CT molecular complexity index is 369. The highest BCUT2D eigenvalue weighted by Crippen LogP contribution is 2.22. The Labute approximate surface area is 119 Å². The Morgan fingerprint density at radius 1 is 1.11 bits per heavy atom. The van der Waals surface area contributed by atoms with Gasteiger partial charge in [0.2, 0.25) is 0 Å². The first-order valence-corrected chi connectivity index (χ1v) is 7.57. The summed E-state index contributed by atoms with van der Waals surface area (Å²) in [5, 5.41) is 0. The van der Waals surface area contributed by atoms with Crippen LogP contribution in [0.3, 0.4) is 0 Å². The van der Waals surface area contributed by atoms with Crippen LogP contribution in [0.1, 0.15) is 44.7 Å². The van der Waals surface area contributed by atoms with Gasteiger partial charge in [-0.2, -0.15) is 0 Å². The van der Waals surface area contributed by atoms with Crippen LogP contribution in [-0.2, 0) is 6.42 Å². The molecule has 0 saturated heterocycles. The van der Waals surface area contributed by atoms with E-state index in [1.807, 2.05) is 0 Å². The maximum atomic E-state index is 6.12. The summed E-state index contributed by atoms with van der Waals surface area (Å²) in [6.07, 6.45) is 3.41. The predicted octanol–water partition coefficient (Wildman–Crippen LogP) is 3.38. The third kappa shape index (κ3) is 4.32. The second kappa shape index (κ2) is 7.66. The second-order valence-electron chi connectivity index (χ2n) is 5.79. The number of benzene rings is 1. The van der Waals surface area contributed by atoms with Crippen LogP contribution in [0.2, 0.25) is 0 Å². The zero-order chi connectivity index (χ0) is 14.3. The van der Waals surface area contributed by atoms with E-state index < -0.39 is 0 Å². The standard InChI is InChI=1S/C17H30N2/c1-5-11-19(12-6-2)17(4,14-18)13-16-10-8-7-9-15(16)3/h7-10H,5-6,11-14,18H2,1-4H3. The van der Waals surface area contributed by atoms with Crippen molar-refractivity contribution in [3.8, 4) is 0 Å². The van der Waals surface area contributed by atoms with Crippen LogP contribution in [0, 0.1) is 6.92 Å². The van der Waals surface area contributed by atoms with Gasteiger partial charge < -0.3 is 5.73 Å². The number of aryl methyl sites for hydroxylation is 1. The van der Waals surface area contributed by atoms with E-state index in [2.05, 4.69) is 56.9 Å². The summed E-state index contributed by atoms with van der Waals surface area (Å²) in [5.74, 6) is 0. The van der Waals surface area contributed by atoms with Crippen molar-refractivity contribution in [2.45, 2.75) is 52.5 Å². The maximum absolute atomic E-state index is 6.12. The van der Waals surface area contributed by atoms with Gasteiger partial charge in [-0.1, -0.05) is 38.1 Å². The lowest BCUT2D eigenvalue weighted by Crippen LogP contribution is -2.53. The molecule has 1 aromatic rings. The molecular formula is C17H30N2. The molecule has 1 atom stereocenters. The summed E-state index contributed by atoms with van der Waals surface area (Å²) >= 11 is 0. The molecule has 0 saturated carbocycles. The van der Waals surface area contributed by atoms with Crippen molar-refractivity contribution < 1.29 is 0 Å². The lowest BCUT2D eigenvalue weighted by molar-refractivity contribution is 0.109. The molecule has 2 heteroatoms. The quantitative estimate of drug-likeness (QED) is 0.778. The van der Waals surface area contributed by atoms with Gasteiger partial charge >= 0.3 is 0 Å². The Kier molecular flexibility index (Phi) is 6.53. The van der Waals surface area contributed by atoms with Crippen LogP contribution in [-0.4, -0.2) is 30.1 Å². The molecule has 0 aliphatic heterocycles. The SMILES string of the molecule is CCCN(CCC)C(C)(CN)Cc1ccccc1C. The lowest BCUT2D eigenvalue weighted by Gasteiger charge is -2.41. The molecule has 0 aliphatic rings. The van der Waals surface area contributed by atoms with Crippen molar-refractivity contribution in [1.82, 2.24) is 4.90 Å². The molecule has 1 unspecified atom stereocenters. The van der Waals surface area contributed by atoms with Crippen molar-refractivity contribution in [1.29, 1.82) is 0 Å². The smallest absolute Gasteiger partial charge is 0.0343 e. The topological polar surface area (TPSA) is 29.3 Å². The van der Waals surface area contributed by atoms with E-state index in [4.69, 9.17) is 5.73 Å². The molecular weight excluding hydrogens is 232 g/mol. The van der Waals surface area contributed by atoms with Gasteiger partial charge in [0.05, 0.1) is 0 Å². The maximum Gasteiger partial charge on any atom is 0.0343 e. The normalized spacial score (nSPS) is 14.6. The molecule has 1 rings (SSSR count). The minimum absolute atomic E-state index is 0.0676. The third-order valence-electron chi connectivity index (χ3n) is 4.02. The van der Waals surface area contributed by atoms with E-state index >= 15 is 0 Å². The van der Waals surface area contributed by atoms with Crippen molar-refractivity contribution >= 4 is 0 Å². The highest BCUT2D eigenvalue weighted by atomic mass is 15.2. The number of hydrogen-bond acceptors (Lipinski definition) is 2. The Morgan fingerprint density at radius 2 is 1.68 bits per heavy atom. The van der Waals surface area contributed by atoms with Gasteiger partial charge in [-0.05, 0) is 57.3 Å². The first kappa shape index (κ1) is 16.2. The first-order valence-electron chi connectivity index (χ1n) is 7.57. The fourth-order valence-electron chi connectivity index (χ4n) is 2.72. The van der Waals surface area contributed by atoms with Gasteiger partial charge in [-0.25, -0.2) is 0 Å². The third-order valence-corrected chi connectivity index (χ3v) is 4.02. The fraction of sp³-hybridized carbons (Fsp3) is 0.647. The summed E-state index contributed by atoms with van der Waals surface area (Å²) < 4.78 is 0. The number of nitrogens with zero attached hydrogens (tertiary/aromatic N) is 1. The number of rotatable bonds is 8. The molecule has 0 aromatic heterocycles. The van der Waals surface area contributed by atoms with Gasteiger partial charge in [0, 0.05) is 12.1 Å². The summed E-state index contributed by atoms with van der Waals surface area (Å²) in [7, 11) is 0. The highest BCUT2D eigenvalue weighted by Gasteiger charge is 2.30. The Morgan fingerprint density at radius 3 is 2.16 bits per heavy atom. The summed E-state index contributed by atoms with van der Waals surface area (Å²) in [6.45, 7) is 12.0. The lowest BCUT2D eigenvalue weighted by atomic mass is 9.88. The largest absolute Gasteiger partial charge is 0.329 e. The molecule has 108 valence electrons. The van der Waals surface area contributed by atoms with Gasteiger partial charge in [-0.15, -0.1) is 0 Å². The second-order valence-corrected chi connectivity index (χ2v) is 5.79. The van der Waals surface area contributed by atoms with E-state index in [0.29, 0.717) is 6.54 Å². The number of hydrogen-bond donors (Lipinski definition) is 1. The predicted molar refractivity (Wildman–Crippen MR) is 84.5 cm³/mol. The van der Waals surface area contributed by atoms with Crippen LogP contribution >= 0.6 is 0 Å². The summed E-state index contributed by atoms with van der Waals surface area (Å²) in [5.41, 5.74) is 8.99. The Balaban J connectivity index is 2.92. The monoisotopic (exact) mass is 262 g/mol. The average molecular weight is 262 g/mol. The molecule has 0 aliphatic carbocycles. The highest BCUT2D eigenvalue weighted by molar-refractivity contribution is 5.27. The molecule has 0 fully saturated rings. The fourth-order valence-corrected chi connectivity index (χ4v) is 2.72. The molecule has 2 nitrogen and oxygen atoms in total. The van der Waals surface area contributed by atoms with E-state index in [9.17, 15) is 0 Å². The molecule has 0 radical (unpaired) electrons. The van der Waals surface area contributed by atoms with Crippen molar-refractivity contribution in [2.24, 2.45) is 5.73 Å². The summed E-state index contributed by atoms with van der Waals surface area (Å²) in [6, 6.07) is 8.66. The minimum Gasteiger partial charge on any atom is -0.329 e. The van der Waals surface area contributed by atoms with Crippen LogP contribution in [0.5, 0.6) is 0 Å². The van der Waals surface area contributed by atoms with Crippen LogP contribution in [0.4, 0.5) is 0 Å². The van der Waals surface area contributed by atoms with Crippen molar-refractivity contribution in [3.05, 3.63) is 35.4 Å². The molecule has 0 heterocycles. The van der Waals surface area contributed by atoms with Gasteiger partial charge in [-0.3, -0.25) is 4.90 Å². The van der Waals surface area contributed by atoms with Gasteiger partial charge in [0.25, 0.3) is 0 Å². The zero-order valence-corrected chi connectivity index (χ0v) is 13.1. The van der Waals surface area contributed by atoms with Gasteiger partial charge in [0.1, 0.15) is 0 Å². The summed E-state index contributed by atoms with van der Waals surface area (Å²) in [4.78, 5) is 2.57. The minimum atomic E-state index is 0.0676. The first-order chi connectivity index (χ1) is 9.07.